The number of rotatable bonds is 35. The molecule has 0 aliphatic rings. The summed E-state index contributed by atoms with van der Waals surface area (Å²) in [6.07, 6.45) is -0.841. The molecule has 30 heteroatoms. The van der Waals surface area contributed by atoms with Crippen LogP contribution in [0.2, 0.25) is 0 Å². The van der Waals surface area contributed by atoms with Crippen molar-refractivity contribution < 1.29 is 68.1 Å². The van der Waals surface area contributed by atoms with E-state index in [9.17, 15) is 68.1 Å². The molecule has 0 heterocycles. The number of phenols is 1. The Morgan fingerprint density at radius 1 is 0.564 bits per heavy atom. The minimum absolute atomic E-state index is 0.0271. The van der Waals surface area contributed by atoms with Crippen molar-refractivity contribution in [2.75, 3.05) is 24.7 Å². The Morgan fingerprint density at radius 2 is 1.01 bits per heavy atom. The summed E-state index contributed by atoms with van der Waals surface area (Å²) in [6.45, 7) is 10.4. The molecule has 28 nitrogen and oxygen atoms in total. The molecule has 20 N–H and O–H groups in total. The van der Waals surface area contributed by atoms with Gasteiger partial charge in [-0.15, -0.1) is 0 Å². The molecule has 1 rings (SSSR count). The SMILES string of the molecule is CC(C)C[C@H](NC(=O)[C@H](CO)NC(=O)[C@H](CC(C)C)NC(=O)[C@@H](NC(=O)[C@H](CCCNC(=N)N)NC(=O)[C@H](C)NC(=O)[C@H](Cc1ccc(O)cc1)NC(=O)[C@@H](N)CS)C(C)C)C(=O)N[C@@H](CC(N)=O)C(=O)N[C@@H](CS)C(=O)O. The molecule has 0 aliphatic carbocycles. The van der Waals surface area contributed by atoms with Gasteiger partial charge in [-0.25, -0.2) is 4.79 Å². The summed E-state index contributed by atoms with van der Waals surface area (Å²) in [4.78, 5) is 146. The number of hydrogen-bond acceptors (Lipinski definition) is 17. The maximum Gasteiger partial charge on any atom is 0.327 e. The number of aromatic hydroxyl groups is 1. The van der Waals surface area contributed by atoms with E-state index in [4.69, 9.17) is 22.6 Å². The van der Waals surface area contributed by atoms with Crippen molar-refractivity contribution in [1.82, 2.24) is 53.2 Å². The Kier molecular flexibility index (Phi) is 30.8. The summed E-state index contributed by atoms with van der Waals surface area (Å²) >= 11 is 7.93. The van der Waals surface area contributed by atoms with Gasteiger partial charge in [0.2, 0.25) is 59.1 Å². The third-order valence-corrected chi connectivity index (χ3v) is 12.2. The fourth-order valence-electron chi connectivity index (χ4n) is 7.25. The van der Waals surface area contributed by atoms with E-state index >= 15 is 0 Å². The summed E-state index contributed by atoms with van der Waals surface area (Å²) in [7, 11) is 0. The van der Waals surface area contributed by atoms with Crippen molar-refractivity contribution in [3.63, 3.8) is 0 Å². The van der Waals surface area contributed by atoms with Gasteiger partial charge < -0.3 is 85.7 Å². The highest BCUT2D eigenvalue weighted by atomic mass is 32.1. The Hall–Kier alpha value is -6.92. The van der Waals surface area contributed by atoms with Crippen molar-refractivity contribution in [3.8, 4) is 5.75 Å². The van der Waals surface area contributed by atoms with E-state index in [0.29, 0.717) is 5.56 Å². The zero-order valence-corrected chi connectivity index (χ0v) is 46.6. The first-order valence-electron chi connectivity index (χ1n) is 25.1. The van der Waals surface area contributed by atoms with E-state index in [0.717, 1.165) is 0 Å². The number of carboxylic acid groups (broad SMARTS) is 1. The van der Waals surface area contributed by atoms with E-state index in [-0.39, 0.29) is 73.7 Å². The van der Waals surface area contributed by atoms with Gasteiger partial charge in [0.15, 0.2) is 5.96 Å². The molecule has 438 valence electrons. The van der Waals surface area contributed by atoms with Gasteiger partial charge in [0.25, 0.3) is 0 Å². The monoisotopic (exact) mass is 1140 g/mol. The Balaban J connectivity index is 3.37. The van der Waals surface area contributed by atoms with Crippen LogP contribution in [0.5, 0.6) is 5.75 Å². The van der Waals surface area contributed by atoms with Crippen LogP contribution in [-0.4, -0.2) is 171 Å². The van der Waals surface area contributed by atoms with Crippen LogP contribution in [0.1, 0.15) is 86.1 Å². The molecule has 0 unspecified atom stereocenters. The fourth-order valence-corrected chi connectivity index (χ4v) is 7.66. The number of aliphatic carboxylic acids is 1. The highest BCUT2D eigenvalue weighted by molar-refractivity contribution is 7.80. The average Bonchev–Trinajstić information content (AvgIpc) is 3.35. The van der Waals surface area contributed by atoms with Gasteiger partial charge in [0.05, 0.1) is 19.1 Å². The summed E-state index contributed by atoms with van der Waals surface area (Å²) in [5.41, 5.74) is 17.1. The summed E-state index contributed by atoms with van der Waals surface area (Å²) in [5, 5.41) is 61.6. The number of amides is 10. The molecule has 10 amide bonds. The topological polar surface area (TPSA) is 471 Å². The van der Waals surface area contributed by atoms with Crippen molar-refractivity contribution in [3.05, 3.63) is 29.8 Å². The van der Waals surface area contributed by atoms with E-state index < -0.39 is 144 Å². The highest BCUT2D eigenvalue weighted by Crippen LogP contribution is 2.14. The molecule has 0 bridgehead atoms. The molecular weight excluding hydrogens is 1060 g/mol. The Bertz CT molecular complexity index is 2240. The summed E-state index contributed by atoms with van der Waals surface area (Å²) < 4.78 is 0. The van der Waals surface area contributed by atoms with Gasteiger partial charge in [-0.05, 0) is 68.1 Å². The molecule has 0 aliphatic heterocycles. The van der Waals surface area contributed by atoms with Gasteiger partial charge in [-0.1, -0.05) is 53.7 Å². The van der Waals surface area contributed by atoms with Gasteiger partial charge >= 0.3 is 5.97 Å². The number of guanidine groups is 1. The number of phenolic OH excluding ortho intramolecular Hbond substituents is 1. The fraction of sp³-hybridized carbons (Fsp3) is 0.625. The first-order valence-corrected chi connectivity index (χ1v) is 26.4. The zero-order valence-electron chi connectivity index (χ0n) is 44.8. The van der Waals surface area contributed by atoms with Crippen LogP contribution in [0.3, 0.4) is 0 Å². The second-order valence-electron chi connectivity index (χ2n) is 19.7. The van der Waals surface area contributed by atoms with E-state index in [1.807, 2.05) is 0 Å². The first kappa shape index (κ1) is 69.1. The summed E-state index contributed by atoms with van der Waals surface area (Å²) in [5.74, 6) is -12.6. The lowest BCUT2D eigenvalue weighted by molar-refractivity contribution is -0.142. The molecule has 0 radical (unpaired) electrons. The van der Waals surface area contributed by atoms with Crippen LogP contribution in [0.4, 0.5) is 0 Å². The van der Waals surface area contributed by atoms with E-state index in [1.54, 1.807) is 41.5 Å². The number of carbonyl (C=O) groups is 11. The molecule has 0 saturated carbocycles. The first-order chi connectivity index (χ1) is 36.4. The van der Waals surface area contributed by atoms with Gasteiger partial charge in [-0.2, -0.15) is 25.3 Å². The number of thiol groups is 2. The minimum atomic E-state index is -1.72. The second-order valence-corrected chi connectivity index (χ2v) is 20.4. The normalized spacial score (nSPS) is 15.0. The third-order valence-electron chi connectivity index (χ3n) is 11.5. The molecule has 0 spiro atoms. The van der Waals surface area contributed by atoms with E-state index in [1.165, 1.54) is 31.2 Å². The number of nitrogens with two attached hydrogens (primary N) is 3. The molecule has 0 fully saturated rings. The molecule has 78 heavy (non-hydrogen) atoms. The predicted octanol–water partition coefficient (Wildman–Crippen LogP) is -4.53. The number of primary amides is 1. The van der Waals surface area contributed by atoms with Crippen molar-refractivity contribution in [2.45, 2.75) is 147 Å². The van der Waals surface area contributed by atoms with Gasteiger partial charge in [0.1, 0.15) is 60.1 Å². The van der Waals surface area contributed by atoms with Crippen LogP contribution in [0.15, 0.2) is 24.3 Å². The average molecular weight is 1140 g/mol. The molecular formula is C48H80N14O14S2. The Morgan fingerprint density at radius 3 is 1.49 bits per heavy atom. The quantitative estimate of drug-likeness (QED) is 0.0132. The summed E-state index contributed by atoms with van der Waals surface area (Å²) in [6, 6.07) is -8.25. The number of carbonyl (C=O) groups excluding carboxylic acids is 10. The van der Waals surface area contributed by atoms with Crippen LogP contribution < -0.4 is 70.4 Å². The van der Waals surface area contributed by atoms with Crippen molar-refractivity contribution in [1.29, 1.82) is 5.41 Å². The Labute approximate surface area is 463 Å². The van der Waals surface area contributed by atoms with Crippen molar-refractivity contribution in [2.24, 2.45) is 35.0 Å². The number of aliphatic hydroxyl groups excluding tert-OH is 1. The molecule has 0 aromatic heterocycles. The van der Waals surface area contributed by atoms with Crippen LogP contribution in [0.25, 0.3) is 0 Å². The largest absolute Gasteiger partial charge is 0.508 e. The minimum Gasteiger partial charge on any atom is -0.508 e. The van der Waals surface area contributed by atoms with Gasteiger partial charge in [0, 0.05) is 24.5 Å². The molecule has 1 aromatic rings. The lowest BCUT2D eigenvalue weighted by Crippen LogP contribution is -2.61. The number of hydrogen-bond donors (Lipinski definition) is 19. The molecule has 1 aromatic carbocycles. The van der Waals surface area contributed by atoms with Crippen LogP contribution >= 0.6 is 25.3 Å². The number of nitrogens with one attached hydrogen (secondary N) is 11. The maximum atomic E-state index is 14.1. The van der Waals surface area contributed by atoms with Crippen LogP contribution in [0, 0.1) is 23.2 Å². The lowest BCUT2D eigenvalue weighted by Gasteiger charge is -2.29. The zero-order chi connectivity index (χ0) is 59.6. The smallest absolute Gasteiger partial charge is 0.327 e. The standard InChI is InChI=1S/C48H80N14O14S2/c1-22(2)15-30(42(70)58-33(18-36(50)65)44(72)61-35(21-78)47(75)76)57-45(73)34(19-63)60-43(71)31(16-23(3)4)59-46(74)37(24(5)6)62-40(68)29(9-8-14-53-48(51)52)55-38(66)25(7)54-41(69)32(56-39(67)28(49)20-77)17-26-10-12-27(64)13-11-26/h10-13,22-25,28-35,37,63-64,77-78H,8-9,14-21,49H2,1-7H3,(H2,50,65)(H,54,69)(H,55,66)(H,56,67)(H,57,73)(H,58,70)(H,59,74)(H,60,71)(H,61,72)(H,62,68)(H,75,76)(H4,51,52,53)/t25-,28-,29-,30-,31-,32-,33-,34-,35-,37-/m0/s1. The number of carboxylic acids is 1. The molecule has 0 saturated heterocycles. The van der Waals surface area contributed by atoms with Crippen molar-refractivity contribution >= 4 is 96.3 Å². The van der Waals surface area contributed by atoms with Gasteiger partial charge in [-0.3, -0.25) is 53.4 Å². The van der Waals surface area contributed by atoms with Crippen LogP contribution in [-0.2, 0) is 59.2 Å². The second kappa shape index (κ2) is 34.8. The predicted molar refractivity (Wildman–Crippen MR) is 292 cm³/mol. The number of aliphatic hydroxyl groups is 1. The third kappa shape index (κ3) is 25.5. The highest BCUT2D eigenvalue weighted by Gasteiger charge is 2.36. The lowest BCUT2D eigenvalue weighted by atomic mass is 9.99. The molecule has 10 atom stereocenters. The maximum absolute atomic E-state index is 14.1. The van der Waals surface area contributed by atoms with E-state index in [2.05, 4.69) is 78.4 Å². The number of benzene rings is 1.